The van der Waals surface area contributed by atoms with Crippen molar-refractivity contribution in [2.45, 2.75) is 19.3 Å². The number of nitrogens with two attached hydrogens (primary N) is 1. The van der Waals surface area contributed by atoms with Crippen molar-refractivity contribution in [1.29, 1.82) is 0 Å². The smallest absolute Gasteiger partial charge is 0.229 e. The number of amides is 1. The van der Waals surface area contributed by atoms with E-state index in [4.69, 9.17) is 18.0 Å². The summed E-state index contributed by atoms with van der Waals surface area (Å²) < 4.78 is 0. The number of rotatable bonds is 4. The molecule has 0 radical (unpaired) electrons. The van der Waals surface area contributed by atoms with Crippen molar-refractivity contribution < 1.29 is 4.79 Å². The van der Waals surface area contributed by atoms with E-state index in [9.17, 15) is 4.79 Å². The molecule has 1 rings (SSSR count). The first-order valence-corrected chi connectivity index (χ1v) is 6.10. The monoisotopic (exact) mass is 243 g/mol. The van der Waals surface area contributed by atoms with Gasteiger partial charge in [0.15, 0.2) is 0 Å². The summed E-state index contributed by atoms with van der Waals surface area (Å²) in [5.74, 6) is 0.655. The van der Waals surface area contributed by atoms with Crippen molar-refractivity contribution >= 4 is 23.1 Å². The van der Waals surface area contributed by atoms with E-state index in [0.717, 1.165) is 19.6 Å². The van der Waals surface area contributed by atoms with E-state index in [2.05, 4.69) is 11.9 Å². The SMILES string of the molecule is CN1CCC(CN(C)C(=O)CC(N)=S)CC1. The van der Waals surface area contributed by atoms with Crippen LogP contribution in [0.3, 0.4) is 0 Å². The zero-order valence-electron chi connectivity index (χ0n) is 10.1. The van der Waals surface area contributed by atoms with Crippen molar-refractivity contribution in [3.63, 3.8) is 0 Å². The highest BCUT2D eigenvalue weighted by molar-refractivity contribution is 7.80. The molecule has 1 fully saturated rings. The van der Waals surface area contributed by atoms with E-state index in [-0.39, 0.29) is 17.3 Å². The van der Waals surface area contributed by atoms with Gasteiger partial charge in [-0.2, -0.15) is 0 Å². The molecule has 5 heteroatoms. The van der Waals surface area contributed by atoms with Gasteiger partial charge in [0.2, 0.25) is 5.91 Å². The molecule has 0 aromatic carbocycles. The molecule has 0 aliphatic carbocycles. The summed E-state index contributed by atoms with van der Waals surface area (Å²) in [5.41, 5.74) is 5.36. The Morgan fingerprint density at radius 1 is 1.50 bits per heavy atom. The van der Waals surface area contributed by atoms with Crippen molar-refractivity contribution in [2.75, 3.05) is 33.7 Å². The molecule has 2 N–H and O–H groups in total. The quantitative estimate of drug-likeness (QED) is 0.729. The molecule has 1 saturated heterocycles. The van der Waals surface area contributed by atoms with E-state index in [1.54, 1.807) is 4.90 Å². The van der Waals surface area contributed by atoms with Crippen molar-refractivity contribution in [1.82, 2.24) is 9.80 Å². The van der Waals surface area contributed by atoms with E-state index in [0.29, 0.717) is 5.92 Å². The highest BCUT2D eigenvalue weighted by Crippen LogP contribution is 2.16. The fourth-order valence-corrected chi connectivity index (χ4v) is 2.14. The normalized spacial score (nSPS) is 18.4. The molecule has 0 atom stereocenters. The first kappa shape index (κ1) is 13.4. The summed E-state index contributed by atoms with van der Waals surface area (Å²) >= 11 is 4.73. The van der Waals surface area contributed by atoms with Gasteiger partial charge in [0, 0.05) is 13.6 Å². The molecule has 16 heavy (non-hydrogen) atoms. The number of likely N-dealkylation sites (tertiary alicyclic amines) is 1. The molecule has 1 amide bonds. The van der Waals surface area contributed by atoms with Crippen LogP contribution in [0.2, 0.25) is 0 Å². The van der Waals surface area contributed by atoms with Gasteiger partial charge >= 0.3 is 0 Å². The van der Waals surface area contributed by atoms with Gasteiger partial charge in [-0.25, -0.2) is 0 Å². The molecule has 0 saturated carbocycles. The molecule has 92 valence electrons. The second kappa shape index (κ2) is 6.15. The van der Waals surface area contributed by atoms with Gasteiger partial charge in [0.1, 0.15) is 0 Å². The summed E-state index contributed by atoms with van der Waals surface area (Å²) in [5, 5.41) is 0. The molecule has 4 nitrogen and oxygen atoms in total. The Bertz CT molecular complexity index is 262. The lowest BCUT2D eigenvalue weighted by molar-refractivity contribution is -0.129. The lowest BCUT2D eigenvalue weighted by atomic mass is 9.96. The largest absolute Gasteiger partial charge is 0.393 e. The first-order chi connectivity index (χ1) is 7.49. The minimum Gasteiger partial charge on any atom is -0.393 e. The van der Waals surface area contributed by atoms with Crippen LogP contribution in [-0.2, 0) is 4.79 Å². The second-order valence-corrected chi connectivity index (χ2v) is 5.19. The van der Waals surface area contributed by atoms with E-state index < -0.39 is 0 Å². The van der Waals surface area contributed by atoms with Crippen molar-refractivity contribution in [2.24, 2.45) is 11.7 Å². The van der Waals surface area contributed by atoms with Crippen LogP contribution >= 0.6 is 12.2 Å². The first-order valence-electron chi connectivity index (χ1n) is 5.70. The summed E-state index contributed by atoms with van der Waals surface area (Å²) in [6.07, 6.45) is 2.53. The molecule has 1 heterocycles. The summed E-state index contributed by atoms with van der Waals surface area (Å²) in [7, 11) is 3.97. The fourth-order valence-electron chi connectivity index (χ4n) is 2.02. The maximum atomic E-state index is 11.6. The number of hydrogen-bond donors (Lipinski definition) is 1. The third-order valence-corrected chi connectivity index (χ3v) is 3.27. The summed E-state index contributed by atoms with van der Waals surface area (Å²) in [6.45, 7) is 3.08. The molecule has 0 aromatic heterocycles. The Morgan fingerprint density at radius 3 is 2.56 bits per heavy atom. The maximum absolute atomic E-state index is 11.6. The van der Waals surface area contributed by atoms with Gasteiger partial charge < -0.3 is 15.5 Å². The molecule has 0 unspecified atom stereocenters. The van der Waals surface area contributed by atoms with Crippen LogP contribution in [0.1, 0.15) is 19.3 Å². The zero-order chi connectivity index (χ0) is 12.1. The molecular weight excluding hydrogens is 222 g/mol. The van der Waals surface area contributed by atoms with Crippen molar-refractivity contribution in [3.8, 4) is 0 Å². The summed E-state index contributed by atoms with van der Waals surface area (Å²) in [4.78, 5) is 16.0. The minimum atomic E-state index is 0.0337. The Hall–Kier alpha value is -0.680. The van der Waals surface area contributed by atoms with Crippen LogP contribution in [0.4, 0.5) is 0 Å². The number of nitrogens with zero attached hydrogens (tertiary/aromatic N) is 2. The van der Waals surface area contributed by atoms with Crippen LogP contribution < -0.4 is 5.73 Å². The van der Waals surface area contributed by atoms with Crippen LogP contribution in [0, 0.1) is 5.92 Å². The van der Waals surface area contributed by atoms with E-state index in [1.807, 2.05) is 7.05 Å². The number of carbonyl (C=O) groups excluding carboxylic acids is 1. The van der Waals surface area contributed by atoms with E-state index >= 15 is 0 Å². The number of hydrogen-bond acceptors (Lipinski definition) is 3. The third kappa shape index (κ3) is 4.45. The van der Waals surface area contributed by atoms with Crippen molar-refractivity contribution in [3.05, 3.63) is 0 Å². The average molecular weight is 243 g/mol. The standard InChI is InChI=1S/C11H21N3OS/c1-13-5-3-9(4-6-13)8-14(2)11(15)7-10(12)16/h9H,3-8H2,1-2H3,(H2,12,16). The molecule has 0 bridgehead atoms. The van der Waals surface area contributed by atoms with Gasteiger partial charge in [-0.1, -0.05) is 12.2 Å². The number of thiocarbonyl (C=S) groups is 1. The third-order valence-electron chi connectivity index (χ3n) is 3.12. The highest BCUT2D eigenvalue weighted by Gasteiger charge is 2.20. The fraction of sp³-hybridized carbons (Fsp3) is 0.818. The van der Waals surface area contributed by atoms with Gasteiger partial charge in [0.05, 0.1) is 11.4 Å². The molecule has 0 spiro atoms. The lowest BCUT2D eigenvalue weighted by Gasteiger charge is -2.31. The topological polar surface area (TPSA) is 49.6 Å². The molecule has 1 aliphatic heterocycles. The predicted molar refractivity (Wildman–Crippen MR) is 69.3 cm³/mol. The Labute approximate surface area is 103 Å². The average Bonchev–Trinajstić information content (AvgIpc) is 2.20. The molecular formula is C11H21N3OS. The van der Waals surface area contributed by atoms with E-state index in [1.165, 1.54) is 12.8 Å². The maximum Gasteiger partial charge on any atom is 0.229 e. The van der Waals surface area contributed by atoms with Crippen LogP contribution in [0.5, 0.6) is 0 Å². The van der Waals surface area contributed by atoms with Crippen LogP contribution in [-0.4, -0.2) is 54.4 Å². The molecule has 1 aliphatic rings. The van der Waals surface area contributed by atoms with Gasteiger partial charge in [-0.15, -0.1) is 0 Å². The minimum absolute atomic E-state index is 0.0337. The van der Waals surface area contributed by atoms with Gasteiger partial charge in [-0.3, -0.25) is 4.79 Å². The van der Waals surface area contributed by atoms with Crippen LogP contribution in [0.15, 0.2) is 0 Å². The number of carbonyl (C=O) groups is 1. The van der Waals surface area contributed by atoms with Crippen LogP contribution in [0.25, 0.3) is 0 Å². The highest BCUT2D eigenvalue weighted by atomic mass is 32.1. The number of piperidine rings is 1. The Balaban J connectivity index is 2.30. The Morgan fingerprint density at radius 2 is 2.06 bits per heavy atom. The van der Waals surface area contributed by atoms with Gasteiger partial charge in [0.25, 0.3) is 0 Å². The van der Waals surface area contributed by atoms with Gasteiger partial charge in [-0.05, 0) is 38.9 Å². The second-order valence-electron chi connectivity index (χ2n) is 4.66. The Kier molecular flexibility index (Phi) is 5.15. The summed E-state index contributed by atoms with van der Waals surface area (Å²) in [6, 6.07) is 0. The lowest BCUT2D eigenvalue weighted by Crippen LogP contribution is -2.38. The molecule has 0 aromatic rings. The predicted octanol–water partition coefficient (Wildman–Crippen LogP) is 0.463. The zero-order valence-corrected chi connectivity index (χ0v) is 10.9.